The van der Waals surface area contributed by atoms with E-state index in [4.69, 9.17) is 5.73 Å². The minimum Gasteiger partial charge on any atom is -0.382 e. The summed E-state index contributed by atoms with van der Waals surface area (Å²) < 4.78 is 1.64. The molecule has 0 aliphatic rings. The Morgan fingerprint density at radius 2 is 1.93 bits per heavy atom. The molecule has 1 aromatic heterocycles. The van der Waals surface area contributed by atoms with Crippen LogP contribution in [0.2, 0.25) is 0 Å². The van der Waals surface area contributed by atoms with Crippen LogP contribution < -0.4 is 16.4 Å². The molecule has 0 saturated heterocycles. The number of nitrogens with zero attached hydrogens (tertiary/aromatic N) is 4. The average Bonchev–Trinajstić information content (AvgIpc) is 3.06. The molecule has 0 unspecified atom stereocenters. The summed E-state index contributed by atoms with van der Waals surface area (Å²) in [5.41, 5.74) is 8.19. The average molecular weight is 509 g/mol. The van der Waals surface area contributed by atoms with Crippen molar-refractivity contribution in [3.8, 4) is 11.8 Å². The number of aryl methyl sites for hydroxylation is 1. The molecule has 0 saturated carbocycles. The van der Waals surface area contributed by atoms with Crippen molar-refractivity contribution < 1.29 is 0 Å². The molecular formula is C21H32IN7. The summed E-state index contributed by atoms with van der Waals surface area (Å²) in [6, 6.07) is 11.8. The number of anilines is 1. The number of aliphatic imine (C=N–C) groups is 1. The van der Waals surface area contributed by atoms with E-state index in [1.54, 1.807) is 11.7 Å². The Bertz CT molecular complexity index is 804. The molecule has 1 heterocycles. The third-order valence-corrected chi connectivity index (χ3v) is 4.93. The van der Waals surface area contributed by atoms with Gasteiger partial charge in [-0.2, -0.15) is 10.4 Å². The lowest BCUT2D eigenvalue weighted by Crippen LogP contribution is -2.40. The fraction of sp³-hybridized carbons (Fsp3) is 0.476. The second-order valence-corrected chi connectivity index (χ2v) is 6.73. The zero-order chi connectivity index (χ0) is 20.4. The van der Waals surface area contributed by atoms with Crippen molar-refractivity contribution >= 4 is 35.8 Å². The summed E-state index contributed by atoms with van der Waals surface area (Å²) in [4.78, 5) is 4.27. The molecule has 0 aliphatic carbocycles. The SMILES string of the molecule is CCC(CC)CNC(=NC)NCCCc1nn(-c2ccccc2)c(N)c1C#N.I. The molecule has 0 atom stereocenters. The van der Waals surface area contributed by atoms with Crippen molar-refractivity contribution in [2.75, 3.05) is 25.9 Å². The highest BCUT2D eigenvalue weighted by atomic mass is 127. The van der Waals surface area contributed by atoms with Crippen LogP contribution in [0.4, 0.5) is 5.82 Å². The van der Waals surface area contributed by atoms with E-state index in [0.717, 1.165) is 49.7 Å². The van der Waals surface area contributed by atoms with E-state index in [1.807, 2.05) is 30.3 Å². The molecule has 0 radical (unpaired) electrons. The summed E-state index contributed by atoms with van der Waals surface area (Å²) in [6.45, 7) is 6.08. The van der Waals surface area contributed by atoms with Crippen LogP contribution in [-0.2, 0) is 6.42 Å². The van der Waals surface area contributed by atoms with E-state index in [-0.39, 0.29) is 24.0 Å². The Hall–Kier alpha value is -2.28. The van der Waals surface area contributed by atoms with E-state index in [0.29, 0.717) is 23.7 Å². The van der Waals surface area contributed by atoms with Gasteiger partial charge in [0.1, 0.15) is 17.5 Å². The van der Waals surface area contributed by atoms with Crippen molar-refractivity contribution in [3.05, 3.63) is 41.6 Å². The molecule has 0 fully saturated rings. The highest BCUT2D eigenvalue weighted by Crippen LogP contribution is 2.21. The number of rotatable bonds is 9. The zero-order valence-corrected chi connectivity index (χ0v) is 19.8. The maximum atomic E-state index is 9.48. The molecule has 0 amide bonds. The number of aromatic nitrogens is 2. The molecule has 0 aliphatic heterocycles. The Kier molecular flexibility index (Phi) is 11.1. The van der Waals surface area contributed by atoms with Gasteiger partial charge in [-0.25, -0.2) is 4.68 Å². The molecule has 8 heteroatoms. The van der Waals surface area contributed by atoms with Gasteiger partial charge in [0, 0.05) is 20.1 Å². The van der Waals surface area contributed by atoms with Crippen LogP contribution in [0.3, 0.4) is 0 Å². The van der Waals surface area contributed by atoms with Crippen LogP contribution in [0.15, 0.2) is 35.3 Å². The minimum atomic E-state index is 0. The molecule has 2 aromatic rings. The lowest BCUT2D eigenvalue weighted by molar-refractivity contribution is 0.481. The van der Waals surface area contributed by atoms with Crippen molar-refractivity contribution in [1.82, 2.24) is 20.4 Å². The highest BCUT2D eigenvalue weighted by Gasteiger charge is 2.16. The molecule has 158 valence electrons. The van der Waals surface area contributed by atoms with Gasteiger partial charge in [-0.05, 0) is 30.9 Å². The molecule has 0 spiro atoms. The van der Waals surface area contributed by atoms with Crippen molar-refractivity contribution in [3.63, 3.8) is 0 Å². The molecule has 1 aromatic carbocycles. The van der Waals surface area contributed by atoms with Crippen LogP contribution in [0.25, 0.3) is 5.69 Å². The second kappa shape index (κ2) is 13.0. The molecule has 7 nitrogen and oxygen atoms in total. The van der Waals surface area contributed by atoms with Gasteiger partial charge in [0.25, 0.3) is 0 Å². The molecule has 2 rings (SSSR count). The van der Waals surface area contributed by atoms with Gasteiger partial charge in [0.15, 0.2) is 5.96 Å². The lowest BCUT2D eigenvalue weighted by Gasteiger charge is -2.16. The van der Waals surface area contributed by atoms with Gasteiger partial charge in [-0.3, -0.25) is 4.99 Å². The zero-order valence-electron chi connectivity index (χ0n) is 17.5. The lowest BCUT2D eigenvalue weighted by atomic mass is 10.0. The first-order valence-electron chi connectivity index (χ1n) is 9.91. The number of halogens is 1. The van der Waals surface area contributed by atoms with E-state index in [1.165, 1.54) is 0 Å². The smallest absolute Gasteiger partial charge is 0.190 e. The largest absolute Gasteiger partial charge is 0.382 e. The number of guanidine groups is 1. The predicted molar refractivity (Wildman–Crippen MR) is 130 cm³/mol. The standard InChI is InChI=1S/C21H31N7.HI/c1-4-16(5-2)15-26-21(24-3)25-13-9-12-19-18(14-22)20(23)28(27-19)17-10-7-6-8-11-17;/h6-8,10-11,16H,4-5,9,12-13,15,23H2,1-3H3,(H2,24,25,26);1H. The number of nitrogen functional groups attached to an aromatic ring is 1. The summed E-state index contributed by atoms with van der Waals surface area (Å²) in [5, 5.41) is 20.7. The van der Waals surface area contributed by atoms with E-state index in [9.17, 15) is 5.26 Å². The number of para-hydroxylation sites is 1. The number of benzene rings is 1. The van der Waals surface area contributed by atoms with Crippen LogP contribution in [0.1, 0.15) is 44.4 Å². The van der Waals surface area contributed by atoms with Crippen LogP contribution >= 0.6 is 24.0 Å². The quantitative estimate of drug-likeness (QED) is 0.208. The number of nitrogens with two attached hydrogens (primary N) is 1. The van der Waals surface area contributed by atoms with Gasteiger partial charge in [-0.15, -0.1) is 24.0 Å². The highest BCUT2D eigenvalue weighted by molar-refractivity contribution is 14.0. The van der Waals surface area contributed by atoms with Gasteiger partial charge >= 0.3 is 0 Å². The number of nitriles is 1. The minimum absolute atomic E-state index is 0. The summed E-state index contributed by atoms with van der Waals surface area (Å²) >= 11 is 0. The van der Waals surface area contributed by atoms with Crippen molar-refractivity contribution in [2.24, 2.45) is 10.9 Å². The second-order valence-electron chi connectivity index (χ2n) is 6.73. The van der Waals surface area contributed by atoms with Gasteiger partial charge in [-0.1, -0.05) is 44.9 Å². The van der Waals surface area contributed by atoms with E-state index in [2.05, 4.69) is 40.6 Å². The maximum absolute atomic E-state index is 9.48. The Morgan fingerprint density at radius 3 is 2.52 bits per heavy atom. The van der Waals surface area contributed by atoms with Crippen molar-refractivity contribution in [2.45, 2.75) is 39.5 Å². The summed E-state index contributed by atoms with van der Waals surface area (Å²) in [7, 11) is 1.78. The van der Waals surface area contributed by atoms with Crippen LogP contribution in [0.5, 0.6) is 0 Å². The third-order valence-electron chi connectivity index (χ3n) is 4.93. The normalized spacial score (nSPS) is 11.1. The fourth-order valence-electron chi connectivity index (χ4n) is 3.04. The van der Waals surface area contributed by atoms with Gasteiger partial charge in [0.2, 0.25) is 0 Å². The van der Waals surface area contributed by atoms with E-state index < -0.39 is 0 Å². The monoisotopic (exact) mass is 509 g/mol. The number of hydrogen-bond acceptors (Lipinski definition) is 4. The first-order chi connectivity index (χ1) is 13.6. The Labute approximate surface area is 190 Å². The summed E-state index contributed by atoms with van der Waals surface area (Å²) in [6.07, 6.45) is 3.81. The molecule has 29 heavy (non-hydrogen) atoms. The number of nitrogens with one attached hydrogen (secondary N) is 2. The molecule has 4 N–H and O–H groups in total. The van der Waals surface area contributed by atoms with Crippen molar-refractivity contribution in [1.29, 1.82) is 5.26 Å². The summed E-state index contributed by atoms with van der Waals surface area (Å²) in [5.74, 6) is 1.85. The Morgan fingerprint density at radius 1 is 1.24 bits per heavy atom. The first-order valence-corrected chi connectivity index (χ1v) is 9.91. The first kappa shape index (κ1) is 24.8. The topological polar surface area (TPSA) is 104 Å². The Balaban J connectivity index is 0.00000420. The molecule has 0 bridgehead atoms. The van der Waals surface area contributed by atoms with Crippen LogP contribution in [0, 0.1) is 17.2 Å². The fourth-order valence-corrected chi connectivity index (χ4v) is 3.04. The number of hydrogen-bond donors (Lipinski definition) is 3. The third kappa shape index (κ3) is 6.92. The maximum Gasteiger partial charge on any atom is 0.190 e. The molecular weight excluding hydrogens is 477 g/mol. The van der Waals surface area contributed by atoms with E-state index >= 15 is 0 Å². The van der Waals surface area contributed by atoms with Gasteiger partial charge in [0.05, 0.1) is 11.4 Å². The van der Waals surface area contributed by atoms with Gasteiger partial charge < -0.3 is 16.4 Å². The van der Waals surface area contributed by atoms with Crippen LogP contribution in [-0.4, -0.2) is 35.9 Å². The predicted octanol–water partition coefficient (Wildman–Crippen LogP) is 3.48.